The maximum Gasteiger partial charge on any atom is 0.251 e. The number of hydrogen-bond acceptors (Lipinski definition) is 4. The van der Waals surface area contributed by atoms with E-state index in [2.05, 4.69) is 16.7 Å². The minimum atomic E-state index is -0.654. The Kier molecular flexibility index (Phi) is 7.01. The van der Waals surface area contributed by atoms with Gasteiger partial charge < -0.3 is 15.4 Å². The van der Waals surface area contributed by atoms with Gasteiger partial charge in [-0.15, -0.1) is 0 Å². The quantitative estimate of drug-likeness (QED) is 0.531. The van der Waals surface area contributed by atoms with Gasteiger partial charge in [0.1, 0.15) is 18.4 Å². The van der Waals surface area contributed by atoms with Crippen LogP contribution >= 0.6 is 0 Å². The van der Waals surface area contributed by atoms with Crippen LogP contribution in [0.25, 0.3) is 0 Å². The first kappa shape index (κ1) is 22.1. The van der Waals surface area contributed by atoms with Gasteiger partial charge >= 0.3 is 0 Å². The summed E-state index contributed by atoms with van der Waals surface area (Å²) >= 11 is 0. The first-order valence-corrected chi connectivity index (χ1v) is 11.0. The zero-order chi connectivity index (χ0) is 23.0. The zero-order valence-corrected chi connectivity index (χ0v) is 18.2. The van der Waals surface area contributed by atoms with Crippen molar-refractivity contribution in [2.24, 2.45) is 0 Å². The molecule has 0 radical (unpaired) electrons. The molecule has 1 fully saturated rings. The minimum absolute atomic E-state index is 0.157. The SMILES string of the molecule is N#Cc1ccc(OCc2cccc(C(=O)NC(Cc3ccccc3)C(=O)NC3CC3)c2)cc1. The van der Waals surface area contributed by atoms with Crippen molar-refractivity contribution < 1.29 is 14.3 Å². The van der Waals surface area contributed by atoms with Crippen molar-refractivity contribution in [3.63, 3.8) is 0 Å². The molecule has 1 atom stereocenters. The molecule has 1 saturated carbocycles. The lowest BCUT2D eigenvalue weighted by Gasteiger charge is -2.19. The Balaban J connectivity index is 1.41. The fraction of sp³-hybridized carbons (Fsp3) is 0.222. The monoisotopic (exact) mass is 439 g/mol. The van der Waals surface area contributed by atoms with Crippen LogP contribution < -0.4 is 15.4 Å². The molecule has 1 unspecified atom stereocenters. The van der Waals surface area contributed by atoms with E-state index < -0.39 is 6.04 Å². The average Bonchev–Trinajstić information content (AvgIpc) is 3.67. The van der Waals surface area contributed by atoms with Crippen LogP contribution in [0.15, 0.2) is 78.9 Å². The summed E-state index contributed by atoms with van der Waals surface area (Å²) in [6, 6.07) is 25.3. The highest BCUT2D eigenvalue weighted by molar-refractivity contribution is 5.97. The molecule has 2 N–H and O–H groups in total. The number of nitriles is 1. The number of carbonyl (C=O) groups is 2. The molecule has 33 heavy (non-hydrogen) atoms. The maximum absolute atomic E-state index is 13.0. The number of rotatable bonds is 9. The molecule has 0 aliphatic heterocycles. The van der Waals surface area contributed by atoms with Gasteiger partial charge in [0.25, 0.3) is 5.91 Å². The Morgan fingerprint density at radius 3 is 2.39 bits per heavy atom. The number of amides is 2. The summed E-state index contributed by atoms with van der Waals surface area (Å²) < 4.78 is 5.77. The van der Waals surface area contributed by atoms with Crippen LogP contribution in [0.4, 0.5) is 0 Å². The second kappa shape index (κ2) is 10.5. The largest absolute Gasteiger partial charge is 0.489 e. The maximum atomic E-state index is 13.0. The van der Waals surface area contributed by atoms with E-state index >= 15 is 0 Å². The number of ether oxygens (including phenoxy) is 1. The highest BCUT2D eigenvalue weighted by atomic mass is 16.5. The van der Waals surface area contributed by atoms with Crippen molar-refractivity contribution in [1.29, 1.82) is 5.26 Å². The van der Waals surface area contributed by atoms with Gasteiger partial charge in [0.05, 0.1) is 11.6 Å². The van der Waals surface area contributed by atoms with Crippen LogP contribution in [0.3, 0.4) is 0 Å². The Hall–Kier alpha value is -4.11. The molecule has 0 aromatic heterocycles. The summed E-state index contributed by atoms with van der Waals surface area (Å²) in [5.74, 6) is 0.181. The molecule has 3 aromatic carbocycles. The molecule has 6 nitrogen and oxygen atoms in total. The summed E-state index contributed by atoms with van der Waals surface area (Å²) in [4.78, 5) is 25.8. The standard InChI is InChI=1S/C27H25N3O3/c28-17-20-9-13-24(14-10-20)33-18-21-7-4-8-22(15-21)26(31)30-25(27(32)29-23-11-12-23)16-19-5-2-1-3-6-19/h1-10,13-15,23,25H,11-12,16,18H2,(H,29,32)(H,30,31). The molecule has 2 amide bonds. The number of carbonyl (C=O) groups excluding carboxylic acids is 2. The normalized spacial score (nSPS) is 13.4. The van der Waals surface area contributed by atoms with E-state index in [-0.39, 0.29) is 24.5 Å². The minimum Gasteiger partial charge on any atom is -0.489 e. The van der Waals surface area contributed by atoms with Crippen molar-refractivity contribution in [2.75, 3.05) is 0 Å². The molecule has 0 heterocycles. The topological polar surface area (TPSA) is 91.2 Å². The van der Waals surface area contributed by atoms with Gasteiger partial charge in [0, 0.05) is 18.0 Å². The predicted molar refractivity (Wildman–Crippen MR) is 124 cm³/mol. The van der Waals surface area contributed by atoms with Gasteiger partial charge in [0.2, 0.25) is 5.91 Å². The first-order chi connectivity index (χ1) is 16.1. The molecule has 3 aromatic rings. The van der Waals surface area contributed by atoms with E-state index in [0.29, 0.717) is 23.3 Å². The van der Waals surface area contributed by atoms with Gasteiger partial charge in [0.15, 0.2) is 0 Å². The van der Waals surface area contributed by atoms with Gasteiger partial charge in [-0.1, -0.05) is 42.5 Å². The Morgan fingerprint density at radius 1 is 0.970 bits per heavy atom. The fourth-order valence-electron chi connectivity index (χ4n) is 3.42. The van der Waals surface area contributed by atoms with E-state index in [9.17, 15) is 9.59 Å². The van der Waals surface area contributed by atoms with E-state index in [0.717, 1.165) is 24.0 Å². The predicted octanol–water partition coefficient (Wildman–Crippen LogP) is 3.76. The summed E-state index contributed by atoms with van der Waals surface area (Å²) in [6.45, 7) is 0.280. The summed E-state index contributed by atoms with van der Waals surface area (Å²) in [5.41, 5.74) is 2.84. The molecule has 6 heteroatoms. The summed E-state index contributed by atoms with van der Waals surface area (Å²) in [7, 11) is 0. The second-order valence-electron chi connectivity index (χ2n) is 8.12. The third kappa shape index (κ3) is 6.44. The van der Waals surface area contributed by atoms with Crippen LogP contribution in [0, 0.1) is 11.3 Å². The summed E-state index contributed by atoms with van der Waals surface area (Å²) in [5, 5.41) is 14.8. The van der Waals surface area contributed by atoms with Crippen LogP contribution in [0.1, 0.15) is 39.9 Å². The van der Waals surface area contributed by atoms with Crippen molar-refractivity contribution in [3.8, 4) is 11.8 Å². The fourth-order valence-corrected chi connectivity index (χ4v) is 3.42. The van der Waals surface area contributed by atoms with Crippen molar-refractivity contribution in [3.05, 3.63) is 101 Å². The van der Waals surface area contributed by atoms with E-state index in [1.165, 1.54) is 0 Å². The molecule has 1 aliphatic carbocycles. The third-order valence-corrected chi connectivity index (χ3v) is 5.41. The van der Waals surface area contributed by atoms with Crippen LogP contribution in [-0.2, 0) is 17.8 Å². The van der Waals surface area contributed by atoms with Gasteiger partial charge in [-0.2, -0.15) is 5.26 Å². The second-order valence-corrected chi connectivity index (χ2v) is 8.12. The molecule has 166 valence electrons. The molecule has 0 bridgehead atoms. The summed E-state index contributed by atoms with van der Waals surface area (Å²) in [6.07, 6.45) is 2.39. The van der Waals surface area contributed by atoms with Crippen LogP contribution in [0.5, 0.6) is 5.75 Å². The molecule has 0 saturated heterocycles. The lowest BCUT2D eigenvalue weighted by Crippen LogP contribution is -2.48. The third-order valence-electron chi connectivity index (χ3n) is 5.41. The Bertz CT molecular complexity index is 1150. The van der Waals surface area contributed by atoms with Gasteiger partial charge in [-0.05, 0) is 60.4 Å². The average molecular weight is 440 g/mol. The highest BCUT2D eigenvalue weighted by Gasteiger charge is 2.28. The Labute approximate surface area is 193 Å². The van der Waals surface area contributed by atoms with E-state index in [1.807, 2.05) is 36.4 Å². The lowest BCUT2D eigenvalue weighted by molar-refractivity contribution is -0.123. The van der Waals surface area contributed by atoms with Gasteiger partial charge in [-0.3, -0.25) is 9.59 Å². The number of nitrogens with zero attached hydrogens (tertiary/aromatic N) is 1. The van der Waals surface area contributed by atoms with Crippen molar-refractivity contribution >= 4 is 11.8 Å². The molecule has 0 spiro atoms. The van der Waals surface area contributed by atoms with Crippen molar-refractivity contribution in [1.82, 2.24) is 10.6 Å². The van der Waals surface area contributed by atoms with E-state index in [1.54, 1.807) is 42.5 Å². The number of hydrogen-bond donors (Lipinski definition) is 2. The molecular formula is C27H25N3O3. The van der Waals surface area contributed by atoms with Crippen LogP contribution in [-0.4, -0.2) is 23.9 Å². The number of nitrogens with one attached hydrogen (secondary N) is 2. The van der Waals surface area contributed by atoms with E-state index in [4.69, 9.17) is 10.00 Å². The van der Waals surface area contributed by atoms with Gasteiger partial charge in [-0.25, -0.2) is 0 Å². The highest BCUT2D eigenvalue weighted by Crippen LogP contribution is 2.19. The molecule has 1 aliphatic rings. The zero-order valence-electron chi connectivity index (χ0n) is 18.2. The lowest BCUT2D eigenvalue weighted by atomic mass is 10.0. The first-order valence-electron chi connectivity index (χ1n) is 11.0. The smallest absolute Gasteiger partial charge is 0.251 e. The number of benzene rings is 3. The van der Waals surface area contributed by atoms with Crippen molar-refractivity contribution in [2.45, 2.75) is 38.0 Å². The molecular weight excluding hydrogens is 414 g/mol. The molecule has 4 rings (SSSR count). The Morgan fingerprint density at radius 2 is 1.70 bits per heavy atom. The van der Waals surface area contributed by atoms with Crippen LogP contribution in [0.2, 0.25) is 0 Å².